The largest absolute Gasteiger partial charge is 0.333 e. The minimum absolute atomic E-state index is 0.142. The fourth-order valence-corrected chi connectivity index (χ4v) is 3.26. The molecule has 1 amide bonds. The van der Waals surface area contributed by atoms with Crippen molar-refractivity contribution in [3.05, 3.63) is 52.3 Å². The van der Waals surface area contributed by atoms with Crippen molar-refractivity contribution in [3.63, 3.8) is 0 Å². The molecule has 1 N–H and O–H groups in total. The van der Waals surface area contributed by atoms with Crippen molar-refractivity contribution < 1.29 is 4.79 Å². The number of carbonyl (C=O) groups is 1. The van der Waals surface area contributed by atoms with Gasteiger partial charge in [0.2, 0.25) is 5.91 Å². The van der Waals surface area contributed by atoms with Gasteiger partial charge in [-0.2, -0.15) is 5.10 Å². The lowest BCUT2D eigenvalue weighted by molar-refractivity contribution is -0.137. The van der Waals surface area contributed by atoms with Crippen molar-refractivity contribution in [3.8, 4) is 0 Å². The summed E-state index contributed by atoms with van der Waals surface area (Å²) in [5.74, 6) is 0.142. The topological polar surface area (TPSA) is 49.0 Å². The van der Waals surface area contributed by atoms with Crippen LogP contribution in [0.4, 0.5) is 0 Å². The van der Waals surface area contributed by atoms with Crippen LogP contribution in [0.1, 0.15) is 41.9 Å². The lowest BCUT2D eigenvalue weighted by atomic mass is 9.84. The van der Waals surface area contributed by atoms with Gasteiger partial charge in [0.15, 0.2) is 0 Å². The lowest BCUT2D eigenvalue weighted by Gasteiger charge is -2.43. The molecule has 4 heteroatoms. The van der Waals surface area contributed by atoms with Crippen LogP contribution in [-0.4, -0.2) is 26.5 Å². The number of carbonyl (C=O) groups excluding carboxylic acids is 1. The Labute approximate surface area is 131 Å². The third-order valence-electron chi connectivity index (χ3n) is 4.44. The number of amides is 1. The second kappa shape index (κ2) is 5.27. The zero-order valence-electron chi connectivity index (χ0n) is 13.7. The average Bonchev–Trinajstić information content (AvgIpc) is 2.83. The SMILES string of the molecule is Cc1ccc2c(c1)CN(C(=O)Cc1cc(C)[nH]n1)C(C)(C)C2. The molecule has 1 aliphatic heterocycles. The number of aromatic amines is 1. The maximum atomic E-state index is 12.8. The van der Waals surface area contributed by atoms with Crippen molar-refractivity contribution in [2.75, 3.05) is 0 Å². The average molecular weight is 297 g/mol. The summed E-state index contributed by atoms with van der Waals surface area (Å²) >= 11 is 0. The number of benzene rings is 1. The Morgan fingerprint density at radius 1 is 1.27 bits per heavy atom. The van der Waals surface area contributed by atoms with Crippen molar-refractivity contribution in [1.82, 2.24) is 15.1 Å². The molecule has 0 saturated carbocycles. The van der Waals surface area contributed by atoms with Gasteiger partial charge in [-0.25, -0.2) is 0 Å². The highest BCUT2D eigenvalue weighted by Gasteiger charge is 2.35. The van der Waals surface area contributed by atoms with E-state index in [1.807, 2.05) is 17.9 Å². The molecule has 1 aliphatic rings. The van der Waals surface area contributed by atoms with E-state index in [9.17, 15) is 4.79 Å². The molecule has 1 aromatic heterocycles. The van der Waals surface area contributed by atoms with Crippen molar-refractivity contribution >= 4 is 5.91 Å². The number of hydrogen-bond donors (Lipinski definition) is 1. The summed E-state index contributed by atoms with van der Waals surface area (Å²) in [6, 6.07) is 8.49. The molecule has 0 unspecified atom stereocenters. The van der Waals surface area contributed by atoms with Crippen LogP contribution in [0.25, 0.3) is 0 Å². The third kappa shape index (κ3) is 2.78. The third-order valence-corrected chi connectivity index (χ3v) is 4.44. The van der Waals surface area contributed by atoms with Crippen LogP contribution in [-0.2, 0) is 24.2 Å². The van der Waals surface area contributed by atoms with Gasteiger partial charge in [0, 0.05) is 17.8 Å². The van der Waals surface area contributed by atoms with E-state index in [-0.39, 0.29) is 11.4 Å². The Morgan fingerprint density at radius 3 is 2.73 bits per heavy atom. The predicted molar refractivity (Wildman–Crippen MR) is 86.5 cm³/mol. The molecular weight excluding hydrogens is 274 g/mol. The van der Waals surface area contributed by atoms with Crippen molar-refractivity contribution in [2.24, 2.45) is 0 Å². The second-order valence-electron chi connectivity index (χ2n) is 6.96. The van der Waals surface area contributed by atoms with E-state index in [0.717, 1.165) is 17.8 Å². The fourth-order valence-electron chi connectivity index (χ4n) is 3.26. The smallest absolute Gasteiger partial charge is 0.229 e. The summed E-state index contributed by atoms with van der Waals surface area (Å²) in [6.45, 7) is 9.02. The van der Waals surface area contributed by atoms with E-state index in [0.29, 0.717) is 13.0 Å². The Kier molecular flexibility index (Phi) is 3.55. The van der Waals surface area contributed by atoms with Crippen LogP contribution in [0, 0.1) is 13.8 Å². The normalized spacial score (nSPS) is 16.5. The summed E-state index contributed by atoms with van der Waals surface area (Å²) < 4.78 is 0. The molecule has 2 aromatic rings. The van der Waals surface area contributed by atoms with Crippen molar-refractivity contribution in [2.45, 2.75) is 52.6 Å². The summed E-state index contributed by atoms with van der Waals surface area (Å²) in [4.78, 5) is 14.8. The summed E-state index contributed by atoms with van der Waals surface area (Å²) in [5.41, 5.74) is 5.51. The molecule has 116 valence electrons. The number of nitrogens with zero attached hydrogens (tertiary/aromatic N) is 2. The van der Waals surface area contributed by atoms with Gasteiger partial charge in [-0.3, -0.25) is 9.89 Å². The van der Waals surface area contributed by atoms with Crippen LogP contribution in [0.3, 0.4) is 0 Å². The van der Waals surface area contributed by atoms with Gasteiger partial charge in [-0.15, -0.1) is 0 Å². The maximum absolute atomic E-state index is 12.8. The van der Waals surface area contributed by atoms with Crippen LogP contribution < -0.4 is 0 Å². The number of aromatic nitrogens is 2. The minimum atomic E-state index is -0.162. The molecule has 0 atom stereocenters. The molecule has 0 spiro atoms. The summed E-state index contributed by atoms with van der Waals surface area (Å²) in [6.07, 6.45) is 1.25. The van der Waals surface area contributed by atoms with E-state index in [1.54, 1.807) is 0 Å². The standard InChI is InChI=1S/C18H23N3O/c1-12-5-6-14-10-18(3,4)21(11-15(14)7-12)17(22)9-16-8-13(2)19-20-16/h5-8H,9-11H2,1-4H3,(H,19,20). The Morgan fingerprint density at radius 2 is 2.05 bits per heavy atom. The highest BCUT2D eigenvalue weighted by atomic mass is 16.2. The van der Waals surface area contributed by atoms with E-state index in [4.69, 9.17) is 0 Å². The molecule has 22 heavy (non-hydrogen) atoms. The number of nitrogens with one attached hydrogen (secondary N) is 1. The first-order chi connectivity index (χ1) is 10.3. The number of H-pyrrole nitrogens is 1. The van der Waals surface area contributed by atoms with Crippen LogP contribution in [0.2, 0.25) is 0 Å². The van der Waals surface area contributed by atoms with E-state index in [1.165, 1.54) is 16.7 Å². The molecule has 0 radical (unpaired) electrons. The van der Waals surface area contributed by atoms with E-state index >= 15 is 0 Å². The number of rotatable bonds is 2. The predicted octanol–water partition coefficient (Wildman–Crippen LogP) is 2.93. The maximum Gasteiger partial charge on any atom is 0.229 e. The molecule has 0 saturated heterocycles. The minimum Gasteiger partial charge on any atom is -0.333 e. The zero-order valence-corrected chi connectivity index (χ0v) is 13.7. The van der Waals surface area contributed by atoms with Crippen LogP contribution in [0.5, 0.6) is 0 Å². The highest BCUT2D eigenvalue weighted by molar-refractivity contribution is 5.79. The molecule has 2 heterocycles. The van der Waals surface area contributed by atoms with Gasteiger partial charge in [0.25, 0.3) is 0 Å². The van der Waals surface area contributed by atoms with Gasteiger partial charge in [-0.1, -0.05) is 23.8 Å². The van der Waals surface area contributed by atoms with Gasteiger partial charge < -0.3 is 4.90 Å². The summed E-state index contributed by atoms with van der Waals surface area (Å²) in [7, 11) is 0. The van der Waals surface area contributed by atoms with Gasteiger partial charge in [0.1, 0.15) is 0 Å². The molecule has 0 aliphatic carbocycles. The molecule has 3 rings (SSSR count). The molecule has 4 nitrogen and oxygen atoms in total. The highest BCUT2D eigenvalue weighted by Crippen LogP contribution is 2.31. The van der Waals surface area contributed by atoms with Crippen LogP contribution >= 0.6 is 0 Å². The number of hydrogen-bond acceptors (Lipinski definition) is 2. The van der Waals surface area contributed by atoms with Crippen LogP contribution in [0.15, 0.2) is 24.3 Å². The van der Waals surface area contributed by atoms with Gasteiger partial charge in [0.05, 0.1) is 12.1 Å². The first-order valence-corrected chi connectivity index (χ1v) is 7.75. The quantitative estimate of drug-likeness (QED) is 0.926. The Balaban J connectivity index is 1.84. The zero-order chi connectivity index (χ0) is 15.9. The van der Waals surface area contributed by atoms with Gasteiger partial charge >= 0.3 is 0 Å². The van der Waals surface area contributed by atoms with E-state index in [2.05, 4.69) is 49.2 Å². The summed E-state index contributed by atoms with van der Waals surface area (Å²) in [5, 5.41) is 7.08. The molecular formula is C18H23N3O. The number of aryl methyl sites for hydroxylation is 2. The molecule has 0 bridgehead atoms. The first kappa shape index (κ1) is 14.8. The lowest BCUT2D eigenvalue weighted by Crippen LogP contribution is -2.52. The second-order valence-corrected chi connectivity index (χ2v) is 6.96. The van der Waals surface area contributed by atoms with Gasteiger partial charge in [-0.05, 0) is 51.3 Å². The Hall–Kier alpha value is -2.10. The molecule has 1 aromatic carbocycles. The fraction of sp³-hybridized carbons (Fsp3) is 0.444. The number of fused-ring (bicyclic) bond motifs is 1. The molecule has 0 fully saturated rings. The Bertz CT molecular complexity index is 715. The monoisotopic (exact) mass is 297 g/mol. The van der Waals surface area contributed by atoms with Crippen molar-refractivity contribution in [1.29, 1.82) is 0 Å². The van der Waals surface area contributed by atoms with E-state index < -0.39 is 0 Å². The first-order valence-electron chi connectivity index (χ1n) is 7.75.